The van der Waals surface area contributed by atoms with Crippen molar-refractivity contribution >= 4 is 74.4 Å². The molecule has 2 amide bonds. The lowest BCUT2D eigenvalue weighted by atomic mass is 10.1. The monoisotopic (exact) mass is 568 g/mol. The summed E-state index contributed by atoms with van der Waals surface area (Å²) < 4.78 is 0. The molecule has 0 spiro atoms. The number of aliphatic imine (C=N–C) groups is 1. The number of amidine groups is 1. The minimum Gasteiger partial charge on any atom is -0.325 e. The van der Waals surface area contributed by atoms with E-state index in [1.54, 1.807) is 18.2 Å². The number of aryl methyl sites for hydroxylation is 2. The molecule has 5 rings (SSSR count). The molecule has 0 unspecified atom stereocenters. The zero-order valence-electron chi connectivity index (χ0n) is 21.6. The number of carbonyl (C=O) groups excluding carboxylic acids is 2. The van der Waals surface area contributed by atoms with Gasteiger partial charge in [0.2, 0.25) is 5.91 Å². The highest BCUT2D eigenvalue weighted by atomic mass is 32.2. The summed E-state index contributed by atoms with van der Waals surface area (Å²) in [5.41, 5.74) is 4.01. The fourth-order valence-electron chi connectivity index (χ4n) is 4.04. The van der Waals surface area contributed by atoms with Crippen molar-refractivity contribution in [3.63, 3.8) is 0 Å². The van der Waals surface area contributed by atoms with Crippen molar-refractivity contribution in [1.82, 2.24) is 5.32 Å². The number of anilines is 1. The molecule has 0 atom stereocenters. The number of nitrogens with one attached hydrogen (secondary N) is 2. The lowest BCUT2D eigenvalue weighted by Crippen LogP contribution is -2.19. The van der Waals surface area contributed by atoms with E-state index in [-0.39, 0.29) is 23.3 Å². The van der Waals surface area contributed by atoms with Gasteiger partial charge in [-0.1, -0.05) is 42.5 Å². The number of nitro groups is 1. The summed E-state index contributed by atoms with van der Waals surface area (Å²) in [7, 11) is 0. The fraction of sp³-hybridized carbons (Fsp3) is 0.100. The normalized spacial score (nSPS) is 15.0. The number of fused-ring (bicyclic) bond motifs is 1. The molecule has 0 bridgehead atoms. The first kappa shape index (κ1) is 27.2. The van der Waals surface area contributed by atoms with Crippen molar-refractivity contribution in [2.45, 2.75) is 18.7 Å². The number of nitrogens with zero attached hydrogens (tertiary/aromatic N) is 2. The number of amides is 2. The van der Waals surface area contributed by atoms with Gasteiger partial charge in [-0.2, -0.15) is 0 Å². The summed E-state index contributed by atoms with van der Waals surface area (Å²) in [5.74, 6) is -0.584. The molecule has 10 heteroatoms. The van der Waals surface area contributed by atoms with Gasteiger partial charge in [-0.05, 0) is 89.5 Å². The maximum absolute atomic E-state index is 12.6. The van der Waals surface area contributed by atoms with E-state index in [4.69, 9.17) is 0 Å². The number of thioether (sulfide) groups is 2. The van der Waals surface area contributed by atoms with Gasteiger partial charge < -0.3 is 10.6 Å². The zero-order chi connectivity index (χ0) is 28.2. The van der Waals surface area contributed by atoms with Crippen LogP contribution in [-0.4, -0.2) is 27.7 Å². The van der Waals surface area contributed by atoms with Crippen LogP contribution in [0.15, 0.2) is 93.7 Å². The van der Waals surface area contributed by atoms with Gasteiger partial charge in [-0.25, -0.2) is 4.99 Å². The molecule has 8 nitrogen and oxygen atoms in total. The minimum atomic E-state index is -0.486. The van der Waals surface area contributed by atoms with E-state index in [9.17, 15) is 19.7 Å². The second-order valence-electron chi connectivity index (χ2n) is 9.13. The quantitative estimate of drug-likeness (QED) is 0.108. The van der Waals surface area contributed by atoms with Crippen LogP contribution in [0.25, 0.3) is 16.8 Å². The third-order valence-electron chi connectivity index (χ3n) is 6.24. The zero-order valence-corrected chi connectivity index (χ0v) is 23.3. The second kappa shape index (κ2) is 11.8. The Hall–Kier alpha value is -4.41. The number of rotatable bonds is 7. The van der Waals surface area contributed by atoms with E-state index in [2.05, 4.69) is 15.6 Å². The van der Waals surface area contributed by atoms with E-state index in [0.29, 0.717) is 26.2 Å². The van der Waals surface area contributed by atoms with Crippen LogP contribution >= 0.6 is 23.5 Å². The van der Waals surface area contributed by atoms with Crippen LogP contribution in [0.5, 0.6) is 0 Å². The van der Waals surface area contributed by atoms with Crippen LogP contribution < -0.4 is 10.6 Å². The van der Waals surface area contributed by atoms with Crippen molar-refractivity contribution in [2.24, 2.45) is 4.99 Å². The first-order chi connectivity index (χ1) is 19.2. The average Bonchev–Trinajstić information content (AvgIpc) is 3.27. The maximum Gasteiger partial charge on any atom is 0.283 e. The van der Waals surface area contributed by atoms with Crippen LogP contribution in [0.2, 0.25) is 0 Å². The Balaban J connectivity index is 1.27. The number of nitro benzene ring substituents is 1. The van der Waals surface area contributed by atoms with Crippen LogP contribution in [0, 0.1) is 24.0 Å². The Morgan fingerprint density at radius 1 is 1.02 bits per heavy atom. The molecule has 1 saturated heterocycles. The molecule has 0 aromatic heterocycles. The Labute approximate surface area is 239 Å². The van der Waals surface area contributed by atoms with Gasteiger partial charge >= 0.3 is 0 Å². The molecule has 4 aromatic carbocycles. The van der Waals surface area contributed by atoms with Crippen LogP contribution in [0.4, 0.5) is 17.1 Å². The molecule has 200 valence electrons. The van der Waals surface area contributed by atoms with Crippen molar-refractivity contribution in [1.29, 1.82) is 0 Å². The molecule has 0 saturated carbocycles. The summed E-state index contributed by atoms with van der Waals surface area (Å²) in [6.45, 7) is 4.01. The molecule has 40 heavy (non-hydrogen) atoms. The molecule has 1 aliphatic heterocycles. The van der Waals surface area contributed by atoms with Crippen LogP contribution in [-0.2, 0) is 9.59 Å². The Morgan fingerprint density at radius 2 is 1.82 bits per heavy atom. The van der Waals surface area contributed by atoms with Crippen LogP contribution in [0.1, 0.15) is 16.7 Å². The highest BCUT2D eigenvalue weighted by Crippen LogP contribution is 2.33. The first-order valence-electron chi connectivity index (χ1n) is 12.3. The molecular formula is C30H24N4O4S2. The van der Waals surface area contributed by atoms with Crippen molar-refractivity contribution < 1.29 is 14.5 Å². The number of benzene rings is 4. The van der Waals surface area contributed by atoms with E-state index in [0.717, 1.165) is 39.3 Å². The van der Waals surface area contributed by atoms with Gasteiger partial charge in [0.25, 0.3) is 11.6 Å². The molecular weight excluding hydrogens is 544 g/mol. The number of carbonyl (C=O) groups is 2. The minimum absolute atomic E-state index is 0.00463. The van der Waals surface area contributed by atoms with E-state index >= 15 is 0 Å². The molecule has 1 heterocycles. The lowest BCUT2D eigenvalue weighted by Gasteiger charge is -2.07. The summed E-state index contributed by atoms with van der Waals surface area (Å²) in [5, 5.41) is 19.9. The third-order valence-corrected chi connectivity index (χ3v) is 8.21. The average molecular weight is 569 g/mol. The molecule has 2 N–H and O–H groups in total. The van der Waals surface area contributed by atoms with Crippen LogP contribution in [0.3, 0.4) is 0 Å². The lowest BCUT2D eigenvalue weighted by molar-refractivity contribution is -0.387. The van der Waals surface area contributed by atoms with Gasteiger partial charge in [0.05, 0.1) is 26.2 Å². The number of hydrogen-bond acceptors (Lipinski definition) is 7. The standard InChI is InChI=1S/C30H24N4O4S2/c1-18-7-10-23(13-19(18)2)32-30-33-29(36)27(40-30)15-20-8-12-26(25(14-20)34(37)38)39-17-28(35)31-24-11-9-21-5-3-4-6-22(21)16-24/h3-16H,17H2,1-2H3,(H,31,35)(H,32,33,36)/b27-15-. The highest BCUT2D eigenvalue weighted by molar-refractivity contribution is 8.18. The Morgan fingerprint density at radius 3 is 2.60 bits per heavy atom. The Kier molecular flexibility index (Phi) is 7.99. The molecule has 0 radical (unpaired) electrons. The fourth-order valence-corrected chi connectivity index (χ4v) is 5.69. The van der Waals surface area contributed by atoms with Gasteiger partial charge in [0.15, 0.2) is 5.17 Å². The Bertz CT molecular complexity index is 1730. The summed E-state index contributed by atoms with van der Waals surface area (Å²) in [6.07, 6.45) is 1.59. The molecule has 1 fully saturated rings. The van der Waals surface area contributed by atoms with Crippen molar-refractivity contribution in [3.8, 4) is 0 Å². The van der Waals surface area contributed by atoms with E-state index in [1.807, 2.05) is 74.5 Å². The molecule has 0 aliphatic carbocycles. The molecule has 1 aliphatic rings. The number of hydrogen-bond donors (Lipinski definition) is 2. The van der Waals surface area contributed by atoms with Gasteiger partial charge in [0, 0.05) is 11.8 Å². The van der Waals surface area contributed by atoms with E-state index < -0.39 is 4.92 Å². The predicted molar refractivity (Wildman–Crippen MR) is 163 cm³/mol. The topological polar surface area (TPSA) is 114 Å². The molecule has 4 aromatic rings. The van der Waals surface area contributed by atoms with Gasteiger partial charge in [0.1, 0.15) is 0 Å². The van der Waals surface area contributed by atoms with Crippen molar-refractivity contribution in [2.75, 3.05) is 11.1 Å². The van der Waals surface area contributed by atoms with Crippen molar-refractivity contribution in [3.05, 3.63) is 111 Å². The first-order valence-corrected chi connectivity index (χ1v) is 14.1. The van der Waals surface area contributed by atoms with E-state index in [1.165, 1.54) is 17.8 Å². The SMILES string of the molecule is Cc1ccc(N=C2NC(=O)/C(=C/c3ccc(SCC(=O)Nc4ccc5ccccc5c4)c([N+](=O)[O-])c3)S2)cc1C. The maximum atomic E-state index is 12.6. The predicted octanol–water partition coefficient (Wildman–Crippen LogP) is 6.99. The van der Waals surface area contributed by atoms with Gasteiger partial charge in [-0.15, -0.1) is 11.8 Å². The smallest absolute Gasteiger partial charge is 0.283 e. The summed E-state index contributed by atoms with van der Waals surface area (Å²) in [4.78, 5) is 41.7. The highest BCUT2D eigenvalue weighted by Gasteiger charge is 2.24. The summed E-state index contributed by atoms with van der Waals surface area (Å²) >= 11 is 2.26. The largest absolute Gasteiger partial charge is 0.325 e. The third kappa shape index (κ3) is 6.41. The van der Waals surface area contributed by atoms with Gasteiger partial charge in [-0.3, -0.25) is 19.7 Å². The summed E-state index contributed by atoms with van der Waals surface area (Å²) in [6, 6.07) is 24.0. The second-order valence-corrected chi connectivity index (χ2v) is 11.2.